The Kier molecular flexibility index (Phi) is 7.60. The van der Waals surface area contributed by atoms with Crippen molar-refractivity contribution in [3.05, 3.63) is 53.4 Å². The lowest BCUT2D eigenvalue weighted by atomic mass is 10.4. The summed E-state index contributed by atoms with van der Waals surface area (Å²) in [6.07, 6.45) is 0. The van der Waals surface area contributed by atoms with Gasteiger partial charge in [-0.2, -0.15) is 14.3 Å². The Morgan fingerprint density at radius 2 is 1.51 bits per heavy atom. The number of carbonyl (C=O) groups is 2. The van der Waals surface area contributed by atoms with Crippen LogP contribution in [0.2, 0.25) is 10.0 Å². The van der Waals surface area contributed by atoms with Crippen molar-refractivity contribution in [3.8, 4) is 0 Å². The van der Waals surface area contributed by atoms with Crippen molar-refractivity contribution in [1.82, 2.24) is 40.3 Å². The second-order valence-corrected chi connectivity index (χ2v) is 7.65. The van der Waals surface area contributed by atoms with Gasteiger partial charge in [0.1, 0.15) is 13.1 Å². The van der Waals surface area contributed by atoms with E-state index in [1.54, 1.807) is 0 Å². The molecule has 17 nitrogen and oxygen atoms in total. The summed E-state index contributed by atoms with van der Waals surface area (Å²) in [5.41, 5.74) is 0.572. The molecule has 0 aliphatic carbocycles. The molecule has 3 rings (SSSR count). The van der Waals surface area contributed by atoms with Crippen LogP contribution in [0.3, 0.4) is 0 Å². The molecule has 0 aromatic carbocycles. The van der Waals surface area contributed by atoms with Gasteiger partial charge in [-0.15, -0.1) is 0 Å². The summed E-state index contributed by atoms with van der Waals surface area (Å²) in [4.78, 5) is 48.4. The molecule has 2 N–H and O–H groups in total. The van der Waals surface area contributed by atoms with Gasteiger partial charge < -0.3 is 35.4 Å². The van der Waals surface area contributed by atoms with E-state index in [2.05, 4.69) is 31.0 Å². The highest BCUT2D eigenvalue weighted by molar-refractivity contribution is 6.33. The summed E-state index contributed by atoms with van der Waals surface area (Å²) in [5, 5.41) is 37.6. The van der Waals surface area contributed by atoms with E-state index in [1.807, 2.05) is 0 Å². The average Bonchev–Trinajstić information content (AvgIpc) is 3.46. The van der Waals surface area contributed by atoms with Crippen molar-refractivity contribution in [3.63, 3.8) is 0 Å². The second-order valence-electron chi connectivity index (χ2n) is 6.90. The van der Waals surface area contributed by atoms with Crippen LogP contribution in [0, 0.1) is 34.1 Å². The Morgan fingerprint density at radius 1 is 0.971 bits per heavy atom. The Balaban J connectivity index is 1.48. The molecule has 0 atom stereocenters. The standard InChI is InChI=1S/C16H16Cl2N10O7/c1-7-11(17)13(27(31)32)22-25(7)5-9-21-16(35-24-9)15(30)20-4-3-19-10(29)6-26-8(2)12(18)14(23-26)28(33)34/h3-6H2,1-2H3,(H,19,29)(H,20,30). The predicted octanol–water partition coefficient (Wildman–Crippen LogP) is 0.797. The molecule has 19 heteroatoms. The monoisotopic (exact) mass is 530 g/mol. The van der Waals surface area contributed by atoms with Gasteiger partial charge >= 0.3 is 23.4 Å². The number of hydrogen-bond donors (Lipinski definition) is 2. The number of rotatable bonds is 10. The van der Waals surface area contributed by atoms with Crippen molar-refractivity contribution in [2.75, 3.05) is 13.1 Å². The van der Waals surface area contributed by atoms with Crippen LogP contribution in [0.25, 0.3) is 0 Å². The third-order valence-electron chi connectivity index (χ3n) is 4.56. The SMILES string of the molecule is Cc1c(Cl)c([N+](=O)[O-])nn1CC(=O)NCCNC(=O)c1nc(Cn2nc([N+](=O)[O-])c(Cl)c2C)no1. The number of aromatic nitrogens is 6. The molecule has 35 heavy (non-hydrogen) atoms. The van der Waals surface area contributed by atoms with E-state index in [0.717, 1.165) is 4.68 Å². The van der Waals surface area contributed by atoms with Gasteiger partial charge in [-0.3, -0.25) is 9.59 Å². The summed E-state index contributed by atoms with van der Waals surface area (Å²) in [5.74, 6) is -2.64. The Hall–Kier alpha value is -4.12. The molecular formula is C16H16Cl2N10O7. The molecule has 0 bridgehead atoms. The summed E-state index contributed by atoms with van der Waals surface area (Å²) < 4.78 is 7.17. The Labute approximate surface area is 204 Å². The minimum atomic E-state index is -0.753. The first-order valence-corrected chi connectivity index (χ1v) is 10.4. The van der Waals surface area contributed by atoms with Crippen LogP contribution in [-0.4, -0.2) is 64.5 Å². The number of amides is 2. The van der Waals surface area contributed by atoms with Gasteiger partial charge in [0.2, 0.25) is 5.91 Å². The van der Waals surface area contributed by atoms with Gasteiger partial charge in [-0.25, -0.2) is 0 Å². The molecule has 0 spiro atoms. The minimum Gasteiger partial charge on any atom is -0.358 e. The molecule has 0 aliphatic heterocycles. The zero-order valence-corrected chi connectivity index (χ0v) is 19.5. The van der Waals surface area contributed by atoms with Crippen LogP contribution in [0.15, 0.2) is 4.52 Å². The van der Waals surface area contributed by atoms with Crippen LogP contribution < -0.4 is 10.6 Å². The van der Waals surface area contributed by atoms with Crippen LogP contribution in [0.4, 0.5) is 11.6 Å². The summed E-state index contributed by atoms with van der Waals surface area (Å²) in [6.45, 7) is 2.60. The molecule has 0 radical (unpaired) electrons. The molecule has 3 heterocycles. The van der Waals surface area contributed by atoms with Gasteiger partial charge in [0.05, 0.1) is 21.6 Å². The van der Waals surface area contributed by atoms with Crippen molar-refractivity contribution in [2.24, 2.45) is 0 Å². The maximum Gasteiger partial charge on any atom is 0.408 e. The summed E-state index contributed by atoms with van der Waals surface area (Å²) in [7, 11) is 0. The molecule has 2 amide bonds. The van der Waals surface area contributed by atoms with Gasteiger partial charge in [-0.05, 0) is 23.7 Å². The number of nitro groups is 2. The van der Waals surface area contributed by atoms with E-state index in [1.165, 1.54) is 18.5 Å². The minimum absolute atomic E-state index is 0.00134. The average molecular weight is 531 g/mol. The van der Waals surface area contributed by atoms with Crippen molar-refractivity contribution >= 4 is 46.7 Å². The molecular weight excluding hydrogens is 515 g/mol. The fraction of sp³-hybridized carbons (Fsp3) is 0.375. The zero-order valence-electron chi connectivity index (χ0n) is 18.0. The molecule has 0 fully saturated rings. The maximum atomic E-state index is 12.2. The van der Waals surface area contributed by atoms with E-state index < -0.39 is 33.3 Å². The van der Waals surface area contributed by atoms with Gasteiger partial charge in [0, 0.05) is 13.1 Å². The van der Waals surface area contributed by atoms with Crippen molar-refractivity contribution < 1.29 is 24.0 Å². The number of hydrogen-bond acceptors (Lipinski definition) is 11. The first kappa shape index (κ1) is 25.5. The third-order valence-corrected chi connectivity index (χ3v) is 5.44. The fourth-order valence-corrected chi connectivity index (χ4v) is 3.16. The molecule has 0 aliphatic rings. The topological polar surface area (TPSA) is 219 Å². The van der Waals surface area contributed by atoms with E-state index in [9.17, 15) is 29.8 Å². The van der Waals surface area contributed by atoms with Crippen LogP contribution in [-0.2, 0) is 17.9 Å². The zero-order chi connectivity index (χ0) is 25.9. The molecule has 186 valence electrons. The molecule has 0 saturated carbocycles. The summed E-state index contributed by atoms with van der Waals surface area (Å²) >= 11 is 11.7. The normalized spacial score (nSPS) is 10.9. The molecule has 3 aromatic heterocycles. The van der Waals surface area contributed by atoms with Crippen molar-refractivity contribution in [1.29, 1.82) is 0 Å². The van der Waals surface area contributed by atoms with Crippen LogP contribution in [0.5, 0.6) is 0 Å². The van der Waals surface area contributed by atoms with E-state index in [4.69, 9.17) is 27.7 Å². The molecule has 3 aromatic rings. The number of carbonyl (C=O) groups excluding carboxylic acids is 2. The quantitative estimate of drug-likeness (QED) is 0.212. The highest BCUT2D eigenvalue weighted by atomic mass is 35.5. The highest BCUT2D eigenvalue weighted by Gasteiger charge is 2.26. The largest absolute Gasteiger partial charge is 0.408 e. The van der Waals surface area contributed by atoms with Crippen molar-refractivity contribution in [2.45, 2.75) is 26.9 Å². The van der Waals surface area contributed by atoms with Crippen LogP contribution >= 0.6 is 23.2 Å². The Bertz CT molecular complexity index is 1310. The lowest BCUT2D eigenvalue weighted by molar-refractivity contribution is -0.389. The molecule has 0 saturated heterocycles. The second kappa shape index (κ2) is 10.4. The van der Waals surface area contributed by atoms with Crippen LogP contribution in [0.1, 0.15) is 27.9 Å². The third kappa shape index (κ3) is 5.69. The van der Waals surface area contributed by atoms with E-state index in [0.29, 0.717) is 5.69 Å². The fourth-order valence-electron chi connectivity index (χ4n) is 2.75. The van der Waals surface area contributed by atoms with Gasteiger partial charge in [0.15, 0.2) is 15.9 Å². The first-order chi connectivity index (χ1) is 16.5. The van der Waals surface area contributed by atoms with E-state index >= 15 is 0 Å². The number of halogens is 2. The van der Waals surface area contributed by atoms with Gasteiger partial charge in [0.25, 0.3) is 0 Å². The van der Waals surface area contributed by atoms with Gasteiger partial charge in [-0.1, -0.05) is 28.4 Å². The summed E-state index contributed by atoms with van der Waals surface area (Å²) in [6, 6.07) is 0. The predicted molar refractivity (Wildman–Crippen MR) is 116 cm³/mol. The number of nitrogens with one attached hydrogen (secondary N) is 2. The lowest BCUT2D eigenvalue weighted by Crippen LogP contribution is -2.36. The molecule has 0 unspecified atom stereocenters. The number of nitrogens with zero attached hydrogens (tertiary/aromatic N) is 8. The highest BCUT2D eigenvalue weighted by Crippen LogP contribution is 2.27. The van der Waals surface area contributed by atoms with E-state index in [-0.39, 0.29) is 53.6 Å². The first-order valence-electron chi connectivity index (χ1n) is 9.61. The Morgan fingerprint density at radius 3 is 2.09 bits per heavy atom. The smallest absolute Gasteiger partial charge is 0.358 e. The lowest BCUT2D eigenvalue weighted by Gasteiger charge is -2.05. The maximum absolute atomic E-state index is 12.2.